The molecule has 6 nitrogen and oxygen atoms in total. The van der Waals surface area contributed by atoms with Gasteiger partial charge in [-0.2, -0.15) is 0 Å². The third kappa shape index (κ3) is 3.69. The van der Waals surface area contributed by atoms with Gasteiger partial charge in [0, 0.05) is 12.0 Å². The molecule has 0 radical (unpaired) electrons. The molecule has 1 heterocycles. The second-order valence-electron chi connectivity index (χ2n) is 5.56. The second-order valence-corrected chi connectivity index (χ2v) is 10.3. The predicted molar refractivity (Wildman–Crippen MR) is 81.6 cm³/mol. The van der Waals surface area contributed by atoms with Crippen molar-refractivity contribution in [1.82, 2.24) is 4.72 Å². The smallest absolute Gasteiger partial charge is 0.214 e. The predicted octanol–water partition coefficient (Wildman–Crippen LogP) is -0.0622. The first-order valence-electron chi connectivity index (χ1n) is 6.72. The van der Waals surface area contributed by atoms with Gasteiger partial charge in [-0.3, -0.25) is 0 Å². The van der Waals surface area contributed by atoms with Gasteiger partial charge in [-0.15, -0.1) is 0 Å². The highest BCUT2D eigenvalue weighted by Gasteiger charge is 2.37. The summed E-state index contributed by atoms with van der Waals surface area (Å²) < 4.78 is 50.1. The van der Waals surface area contributed by atoms with Crippen LogP contribution in [0.5, 0.6) is 0 Å². The maximum absolute atomic E-state index is 12.3. The molecule has 0 spiro atoms. The molecule has 2 rings (SSSR count). The Labute approximate surface area is 125 Å². The molecular weight excluding hydrogens is 320 g/mol. The van der Waals surface area contributed by atoms with Crippen molar-refractivity contribution in [2.24, 2.45) is 11.7 Å². The van der Waals surface area contributed by atoms with Crippen LogP contribution < -0.4 is 10.5 Å². The minimum Gasteiger partial charge on any atom is -0.393 e. The molecule has 2 fully saturated rings. The zero-order valence-corrected chi connectivity index (χ0v) is 13.6. The number of thiocarbonyl (C=S) groups is 1. The van der Waals surface area contributed by atoms with Gasteiger partial charge >= 0.3 is 0 Å². The van der Waals surface area contributed by atoms with Gasteiger partial charge in [-0.25, -0.2) is 21.6 Å². The fourth-order valence-electron chi connectivity index (χ4n) is 2.93. The number of nitrogens with two attached hydrogens (primary N) is 1. The zero-order valence-electron chi connectivity index (χ0n) is 11.1. The average Bonchev–Trinajstić information content (AvgIpc) is 2.75. The molecule has 2 unspecified atom stereocenters. The van der Waals surface area contributed by atoms with E-state index in [0.717, 1.165) is 19.3 Å². The summed E-state index contributed by atoms with van der Waals surface area (Å²) in [5.74, 6) is -0.198. The van der Waals surface area contributed by atoms with E-state index in [1.807, 2.05) is 0 Å². The second kappa shape index (κ2) is 5.86. The van der Waals surface area contributed by atoms with E-state index in [1.165, 1.54) is 0 Å². The van der Waals surface area contributed by atoms with Crippen LogP contribution in [0.15, 0.2) is 0 Å². The van der Waals surface area contributed by atoms with Crippen molar-refractivity contribution < 1.29 is 16.8 Å². The summed E-state index contributed by atoms with van der Waals surface area (Å²) in [6.07, 6.45) is 2.77. The maximum atomic E-state index is 12.3. The van der Waals surface area contributed by atoms with E-state index >= 15 is 0 Å². The van der Waals surface area contributed by atoms with Crippen LogP contribution in [0.25, 0.3) is 0 Å². The normalized spacial score (nSPS) is 31.2. The molecule has 3 N–H and O–H groups in total. The lowest BCUT2D eigenvalue weighted by atomic mass is 10.1. The van der Waals surface area contributed by atoms with Crippen LogP contribution in [0, 0.1) is 5.92 Å². The van der Waals surface area contributed by atoms with Crippen LogP contribution >= 0.6 is 12.2 Å². The van der Waals surface area contributed by atoms with Crippen molar-refractivity contribution in [3.63, 3.8) is 0 Å². The monoisotopic (exact) mass is 340 g/mol. The summed E-state index contributed by atoms with van der Waals surface area (Å²) in [4.78, 5) is 0.349. The maximum Gasteiger partial charge on any atom is 0.214 e. The SMILES string of the molecule is NC(=S)C1CCCC1NS(=O)(=O)C1CCS(=O)(=O)CC1. The Balaban J connectivity index is 2.03. The number of rotatable bonds is 4. The first-order chi connectivity index (χ1) is 9.21. The van der Waals surface area contributed by atoms with Gasteiger partial charge in [0.25, 0.3) is 0 Å². The Morgan fingerprint density at radius 1 is 1.15 bits per heavy atom. The summed E-state index contributed by atoms with van der Waals surface area (Å²) in [6, 6.07) is -0.240. The summed E-state index contributed by atoms with van der Waals surface area (Å²) in [5, 5.41) is -0.626. The van der Waals surface area contributed by atoms with Gasteiger partial charge in [0.2, 0.25) is 10.0 Å². The summed E-state index contributed by atoms with van der Waals surface area (Å²) in [7, 11) is -6.57. The topological polar surface area (TPSA) is 106 Å². The zero-order chi connectivity index (χ0) is 15.0. The fourth-order valence-corrected chi connectivity index (χ4v) is 6.75. The Bertz CT molecular complexity index is 571. The third-order valence-electron chi connectivity index (χ3n) is 4.14. The number of hydrogen-bond donors (Lipinski definition) is 2. The molecule has 9 heteroatoms. The van der Waals surface area contributed by atoms with Crippen molar-refractivity contribution >= 4 is 37.1 Å². The van der Waals surface area contributed by atoms with Crippen molar-refractivity contribution in [2.75, 3.05) is 11.5 Å². The van der Waals surface area contributed by atoms with Crippen LogP contribution in [0.1, 0.15) is 32.1 Å². The summed E-state index contributed by atoms with van der Waals surface area (Å²) in [5.41, 5.74) is 5.64. The number of hydrogen-bond acceptors (Lipinski definition) is 5. The lowest BCUT2D eigenvalue weighted by molar-refractivity contribution is 0.506. The van der Waals surface area contributed by atoms with Crippen LogP contribution in [0.3, 0.4) is 0 Å². The minimum atomic E-state index is -3.51. The lowest BCUT2D eigenvalue weighted by Crippen LogP contribution is -2.47. The molecule has 20 heavy (non-hydrogen) atoms. The van der Waals surface area contributed by atoms with Gasteiger partial charge in [-0.05, 0) is 25.7 Å². The van der Waals surface area contributed by atoms with Gasteiger partial charge < -0.3 is 5.73 Å². The molecule has 1 aliphatic carbocycles. The molecule has 2 atom stereocenters. The molecule has 0 bridgehead atoms. The Hall–Kier alpha value is -0.250. The largest absolute Gasteiger partial charge is 0.393 e. The van der Waals surface area contributed by atoms with E-state index in [4.69, 9.17) is 18.0 Å². The molecule has 0 aromatic heterocycles. The van der Waals surface area contributed by atoms with E-state index in [1.54, 1.807) is 0 Å². The fraction of sp³-hybridized carbons (Fsp3) is 0.909. The average molecular weight is 340 g/mol. The van der Waals surface area contributed by atoms with Crippen molar-refractivity contribution in [3.05, 3.63) is 0 Å². The molecule has 1 aliphatic heterocycles. The van der Waals surface area contributed by atoms with Crippen molar-refractivity contribution in [1.29, 1.82) is 0 Å². The Morgan fingerprint density at radius 2 is 1.75 bits per heavy atom. The van der Waals surface area contributed by atoms with Gasteiger partial charge in [0.05, 0.1) is 21.7 Å². The molecule has 2 aliphatic rings. The van der Waals surface area contributed by atoms with Crippen LogP contribution in [-0.2, 0) is 19.9 Å². The molecule has 1 saturated carbocycles. The van der Waals surface area contributed by atoms with Gasteiger partial charge in [0.1, 0.15) is 9.84 Å². The molecule has 0 aromatic carbocycles. The van der Waals surface area contributed by atoms with E-state index in [-0.39, 0.29) is 36.3 Å². The number of sulfonamides is 1. The van der Waals surface area contributed by atoms with Crippen LogP contribution in [0.4, 0.5) is 0 Å². The Kier molecular flexibility index (Phi) is 4.73. The summed E-state index contributed by atoms with van der Waals surface area (Å²) >= 11 is 4.97. The highest BCUT2D eigenvalue weighted by molar-refractivity contribution is 7.92. The Morgan fingerprint density at radius 3 is 2.30 bits per heavy atom. The van der Waals surface area contributed by atoms with Crippen LogP contribution in [0.2, 0.25) is 0 Å². The van der Waals surface area contributed by atoms with E-state index in [9.17, 15) is 16.8 Å². The summed E-state index contributed by atoms with van der Waals surface area (Å²) in [6.45, 7) is 0. The van der Waals surface area contributed by atoms with Crippen molar-refractivity contribution in [2.45, 2.75) is 43.4 Å². The van der Waals surface area contributed by atoms with E-state index < -0.39 is 25.1 Å². The van der Waals surface area contributed by atoms with Gasteiger partial charge in [-0.1, -0.05) is 18.6 Å². The lowest BCUT2D eigenvalue weighted by Gasteiger charge is -2.26. The first-order valence-corrected chi connectivity index (χ1v) is 10.5. The molecule has 0 aromatic rings. The highest BCUT2D eigenvalue weighted by atomic mass is 32.2. The van der Waals surface area contributed by atoms with E-state index in [0.29, 0.717) is 4.99 Å². The van der Waals surface area contributed by atoms with Crippen LogP contribution in [-0.4, -0.2) is 44.6 Å². The number of nitrogens with one attached hydrogen (secondary N) is 1. The standard InChI is InChI=1S/C11H20N2O4S3/c12-11(18)9-2-1-3-10(9)13-20(16,17)8-4-6-19(14,15)7-5-8/h8-10,13H,1-7H2,(H2,12,18). The quantitative estimate of drug-likeness (QED) is 0.694. The highest BCUT2D eigenvalue weighted by Crippen LogP contribution is 2.28. The van der Waals surface area contributed by atoms with E-state index in [2.05, 4.69) is 4.72 Å². The minimum absolute atomic E-state index is 0.0536. The number of sulfone groups is 1. The molecule has 116 valence electrons. The molecule has 0 amide bonds. The first kappa shape index (κ1) is 16.1. The van der Waals surface area contributed by atoms with Gasteiger partial charge in [0.15, 0.2) is 0 Å². The molecule has 1 saturated heterocycles. The third-order valence-corrected chi connectivity index (χ3v) is 8.14. The van der Waals surface area contributed by atoms with Crippen molar-refractivity contribution in [3.8, 4) is 0 Å². The molecular formula is C11H20N2O4S3.